The molecule has 25 heavy (non-hydrogen) atoms. The molecule has 1 nitrogen and oxygen atoms in total. The van der Waals surface area contributed by atoms with E-state index in [1.165, 1.54) is 56.9 Å². The predicted octanol–water partition coefficient (Wildman–Crippen LogP) is 6.45. The molecule has 7 rings (SSSR count). The summed E-state index contributed by atoms with van der Waals surface area (Å²) in [5, 5.41) is 0. The van der Waals surface area contributed by atoms with Crippen molar-refractivity contribution in [2.24, 2.45) is 16.2 Å². The minimum Gasteiger partial charge on any atom is -0.294 e. The Balaban J connectivity index is 1.22. The average molecular weight is 337 g/mol. The van der Waals surface area contributed by atoms with E-state index in [0.29, 0.717) is 22.0 Å². The Hall–Kier alpha value is -1.11. The number of Topliss-reactive ketones (excluding diaryl/α,β-unsaturated/α-hetero) is 1. The van der Waals surface area contributed by atoms with E-state index in [4.69, 9.17) is 0 Å². The molecule has 0 aliphatic heterocycles. The number of hydrogen-bond donors (Lipinski definition) is 0. The first-order chi connectivity index (χ1) is 12.0. The lowest BCUT2D eigenvalue weighted by Gasteiger charge is -2.72. The average Bonchev–Trinajstić information content (AvgIpc) is 2.47. The highest BCUT2D eigenvalue weighted by atomic mass is 16.1. The molecular formula is C24H32O. The van der Waals surface area contributed by atoms with Gasteiger partial charge in [-0.05, 0) is 73.2 Å². The van der Waals surface area contributed by atoms with Crippen LogP contribution in [-0.2, 0) is 5.41 Å². The Morgan fingerprint density at radius 1 is 0.840 bits per heavy atom. The highest BCUT2D eigenvalue weighted by Crippen LogP contribution is 2.76. The van der Waals surface area contributed by atoms with E-state index < -0.39 is 0 Å². The second-order valence-electron chi connectivity index (χ2n) is 10.4. The van der Waals surface area contributed by atoms with Crippen LogP contribution in [0.1, 0.15) is 100 Å². The molecule has 0 heterocycles. The molecule has 0 saturated heterocycles. The second-order valence-corrected chi connectivity index (χ2v) is 10.4. The summed E-state index contributed by atoms with van der Waals surface area (Å²) >= 11 is 0. The number of benzene rings is 1. The van der Waals surface area contributed by atoms with Crippen LogP contribution in [-0.4, -0.2) is 5.78 Å². The third-order valence-corrected chi connectivity index (χ3v) is 8.36. The van der Waals surface area contributed by atoms with Gasteiger partial charge in [-0.3, -0.25) is 4.79 Å². The van der Waals surface area contributed by atoms with E-state index in [1.807, 2.05) is 0 Å². The van der Waals surface area contributed by atoms with Crippen molar-refractivity contribution in [1.29, 1.82) is 0 Å². The van der Waals surface area contributed by atoms with Gasteiger partial charge in [0.1, 0.15) is 0 Å². The van der Waals surface area contributed by atoms with Crippen LogP contribution in [0, 0.1) is 16.2 Å². The Morgan fingerprint density at radius 3 is 2.00 bits per heavy atom. The first kappa shape index (κ1) is 16.1. The molecule has 6 saturated carbocycles. The van der Waals surface area contributed by atoms with Gasteiger partial charge in [-0.2, -0.15) is 0 Å². The van der Waals surface area contributed by atoms with Crippen LogP contribution >= 0.6 is 0 Å². The minimum atomic E-state index is 0.0389. The summed E-state index contributed by atoms with van der Waals surface area (Å²) in [4.78, 5) is 13.0. The molecule has 0 radical (unpaired) electrons. The van der Waals surface area contributed by atoms with Gasteiger partial charge < -0.3 is 0 Å². The molecule has 4 bridgehead atoms. The van der Waals surface area contributed by atoms with Gasteiger partial charge >= 0.3 is 0 Å². The lowest BCUT2D eigenvalue weighted by atomic mass is 9.32. The number of carbonyl (C=O) groups is 1. The number of ketones is 1. The molecule has 1 aromatic carbocycles. The van der Waals surface area contributed by atoms with Crippen LogP contribution < -0.4 is 0 Å². The Labute approximate surface area is 152 Å². The number of carbonyl (C=O) groups excluding carboxylic acids is 1. The number of hydrogen-bond acceptors (Lipinski definition) is 1. The molecule has 0 amide bonds. The molecule has 0 N–H and O–H groups in total. The zero-order valence-corrected chi connectivity index (χ0v) is 16.0. The van der Waals surface area contributed by atoms with E-state index in [0.717, 1.165) is 24.8 Å². The molecule has 0 spiro atoms. The molecule has 6 aliphatic rings. The SMILES string of the molecule is CCCCC12CC(c3ccc(C(=O)C45CC(CCC)(C4)C5)cc3)(C1)C2. The van der Waals surface area contributed by atoms with Crippen LogP contribution in [0.25, 0.3) is 0 Å². The van der Waals surface area contributed by atoms with E-state index in [-0.39, 0.29) is 5.41 Å². The Morgan fingerprint density at radius 2 is 1.44 bits per heavy atom. The lowest BCUT2D eigenvalue weighted by Crippen LogP contribution is -2.65. The summed E-state index contributed by atoms with van der Waals surface area (Å²) in [6.07, 6.45) is 14.4. The highest BCUT2D eigenvalue weighted by Gasteiger charge is 2.70. The fourth-order valence-corrected chi connectivity index (χ4v) is 7.44. The van der Waals surface area contributed by atoms with E-state index >= 15 is 0 Å². The molecule has 0 unspecified atom stereocenters. The van der Waals surface area contributed by atoms with Crippen molar-refractivity contribution in [3.8, 4) is 0 Å². The van der Waals surface area contributed by atoms with Crippen molar-refractivity contribution in [2.75, 3.05) is 0 Å². The molecule has 0 aromatic heterocycles. The van der Waals surface area contributed by atoms with Gasteiger partial charge in [0, 0.05) is 11.0 Å². The first-order valence-electron chi connectivity index (χ1n) is 10.6. The van der Waals surface area contributed by atoms with Crippen LogP contribution in [0.2, 0.25) is 0 Å². The maximum absolute atomic E-state index is 13.0. The summed E-state index contributed by atoms with van der Waals surface area (Å²) < 4.78 is 0. The van der Waals surface area contributed by atoms with Crippen LogP contribution in [0.4, 0.5) is 0 Å². The normalized spacial score (nSPS) is 42.6. The van der Waals surface area contributed by atoms with Gasteiger partial charge in [0.15, 0.2) is 5.78 Å². The Bertz CT molecular complexity index is 671. The van der Waals surface area contributed by atoms with E-state index in [2.05, 4.69) is 38.1 Å². The van der Waals surface area contributed by atoms with Crippen molar-refractivity contribution in [3.63, 3.8) is 0 Å². The summed E-state index contributed by atoms with van der Waals surface area (Å²) in [5.41, 5.74) is 4.25. The van der Waals surface area contributed by atoms with Gasteiger partial charge in [-0.1, -0.05) is 57.4 Å². The number of rotatable bonds is 8. The maximum atomic E-state index is 13.0. The first-order valence-corrected chi connectivity index (χ1v) is 10.6. The van der Waals surface area contributed by atoms with Crippen molar-refractivity contribution in [3.05, 3.63) is 35.4 Å². The fraction of sp³-hybridized carbons (Fsp3) is 0.708. The molecule has 6 fully saturated rings. The van der Waals surface area contributed by atoms with Crippen LogP contribution in [0.15, 0.2) is 24.3 Å². The minimum absolute atomic E-state index is 0.0389. The largest absolute Gasteiger partial charge is 0.294 e. The number of unbranched alkanes of at least 4 members (excludes halogenated alkanes) is 1. The van der Waals surface area contributed by atoms with Crippen LogP contribution in [0.3, 0.4) is 0 Å². The zero-order valence-electron chi connectivity index (χ0n) is 16.0. The fourth-order valence-electron chi connectivity index (χ4n) is 7.44. The quantitative estimate of drug-likeness (QED) is 0.498. The topological polar surface area (TPSA) is 17.1 Å². The standard InChI is InChI=1S/C24H32O/c1-3-5-11-22-12-23(13-22,14-22)19-8-6-18(7-9-19)20(25)24-15-21(16-24,17-24)10-4-2/h6-9H,3-5,10-17H2,1-2H3. The van der Waals surface area contributed by atoms with Gasteiger partial charge in [0.2, 0.25) is 0 Å². The third kappa shape index (κ3) is 2.04. The summed E-state index contributed by atoms with van der Waals surface area (Å²) in [6.45, 7) is 4.57. The molecule has 6 aliphatic carbocycles. The smallest absolute Gasteiger partial charge is 0.169 e. The van der Waals surface area contributed by atoms with Gasteiger partial charge in [-0.15, -0.1) is 0 Å². The monoisotopic (exact) mass is 336 g/mol. The van der Waals surface area contributed by atoms with Gasteiger partial charge in [0.05, 0.1) is 0 Å². The predicted molar refractivity (Wildman–Crippen MR) is 102 cm³/mol. The summed E-state index contributed by atoms with van der Waals surface area (Å²) in [5.74, 6) is 0.439. The van der Waals surface area contributed by atoms with Gasteiger partial charge in [0.25, 0.3) is 0 Å². The van der Waals surface area contributed by atoms with Crippen molar-refractivity contribution in [1.82, 2.24) is 0 Å². The van der Waals surface area contributed by atoms with Crippen molar-refractivity contribution in [2.45, 2.75) is 89.9 Å². The molecule has 0 atom stereocenters. The van der Waals surface area contributed by atoms with Crippen LogP contribution in [0.5, 0.6) is 0 Å². The van der Waals surface area contributed by atoms with E-state index in [1.54, 1.807) is 0 Å². The molecule has 134 valence electrons. The molecular weight excluding hydrogens is 304 g/mol. The lowest BCUT2D eigenvalue weighted by molar-refractivity contribution is -0.172. The van der Waals surface area contributed by atoms with Crippen molar-refractivity contribution >= 4 is 5.78 Å². The summed E-state index contributed by atoms with van der Waals surface area (Å²) in [6, 6.07) is 8.85. The zero-order chi connectivity index (χ0) is 17.3. The van der Waals surface area contributed by atoms with Crippen molar-refractivity contribution < 1.29 is 4.79 Å². The second kappa shape index (κ2) is 4.99. The third-order valence-electron chi connectivity index (χ3n) is 8.36. The van der Waals surface area contributed by atoms with Gasteiger partial charge in [-0.25, -0.2) is 0 Å². The van der Waals surface area contributed by atoms with E-state index in [9.17, 15) is 4.79 Å². The molecule has 1 aromatic rings. The molecule has 1 heteroatoms. The Kier molecular flexibility index (Phi) is 3.21. The maximum Gasteiger partial charge on any atom is 0.169 e. The highest BCUT2D eigenvalue weighted by molar-refractivity contribution is 6.02. The summed E-state index contributed by atoms with van der Waals surface area (Å²) in [7, 11) is 0.